The molecule has 0 unspecified atom stereocenters. The molecule has 0 bridgehead atoms. The Labute approximate surface area is 111 Å². The zero-order chi connectivity index (χ0) is 13.4. The summed E-state index contributed by atoms with van der Waals surface area (Å²) in [5.41, 5.74) is 0.0552. The molecular weight excluding hydrogens is 256 g/mol. The van der Waals surface area contributed by atoms with Crippen LogP contribution < -0.4 is 5.32 Å². The molecule has 1 aliphatic heterocycles. The first kappa shape index (κ1) is 14.3. The maximum absolute atomic E-state index is 11.6. The number of nitriles is 1. The van der Waals surface area contributed by atoms with Gasteiger partial charge in [0, 0.05) is 44.8 Å². The third kappa shape index (κ3) is 4.26. The van der Waals surface area contributed by atoms with Crippen LogP contribution in [0, 0.1) is 11.3 Å². The predicted octanol–water partition coefficient (Wildman–Crippen LogP) is -0.477. The summed E-state index contributed by atoms with van der Waals surface area (Å²) in [6.07, 6.45) is 2.34. The summed E-state index contributed by atoms with van der Waals surface area (Å²) in [5, 5.41) is 11.5. The van der Waals surface area contributed by atoms with Crippen molar-refractivity contribution >= 4 is 23.9 Å². The van der Waals surface area contributed by atoms with Crippen LogP contribution >= 0.6 is 11.6 Å². The highest BCUT2D eigenvalue weighted by Gasteiger charge is 2.15. The summed E-state index contributed by atoms with van der Waals surface area (Å²) < 4.78 is 0. The van der Waals surface area contributed by atoms with E-state index in [0.717, 1.165) is 6.41 Å². The number of nitrogens with zero attached hydrogens (tertiary/aromatic N) is 3. The summed E-state index contributed by atoms with van der Waals surface area (Å²) >= 11 is 5.45. The number of hydrogen-bond donors (Lipinski definition) is 1. The van der Waals surface area contributed by atoms with Gasteiger partial charge < -0.3 is 15.1 Å². The molecular formula is C11H15ClN4O2. The van der Waals surface area contributed by atoms with Gasteiger partial charge in [-0.1, -0.05) is 0 Å². The second-order valence-corrected chi connectivity index (χ2v) is 4.15. The molecule has 6 nitrogen and oxygen atoms in total. The fourth-order valence-corrected chi connectivity index (χ4v) is 1.64. The number of hydrogen-bond acceptors (Lipinski definition) is 4. The molecule has 1 aliphatic rings. The molecule has 0 aromatic heterocycles. The largest absolute Gasteiger partial charge is 0.373 e. The number of piperazine rings is 1. The van der Waals surface area contributed by atoms with Crippen molar-refractivity contribution in [2.75, 3.05) is 38.6 Å². The standard InChI is InChI=1S/C11H15ClN4O2/c12-1-2-14-11(18)10(7-13)8-15-3-5-16(9-17)6-4-15/h8-9H,1-6H2,(H,14,18)/b10-8-. The molecule has 1 heterocycles. The number of halogens is 1. The molecule has 0 aliphatic carbocycles. The van der Waals surface area contributed by atoms with Gasteiger partial charge in [-0.3, -0.25) is 9.59 Å². The third-order valence-electron chi connectivity index (χ3n) is 2.55. The molecule has 0 aromatic carbocycles. The Balaban J connectivity index is 2.55. The highest BCUT2D eigenvalue weighted by Crippen LogP contribution is 2.03. The van der Waals surface area contributed by atoms with Crippen molar-refractivity contribution in [3.63, 3.8) is 0 Å². The van der Waals surface area contributed by atoms with E-state index >= 15 is 0 Å². The summed E-state index contributed by atoms with van der Waals surface area (Å²) in [6.45, 7) is 2.77. The monoisotopic (exact) mass is 270 g/mol. The van der Waals surface area contributed by atoms with Crippen molar-refractivity contribution in [3.05, 3.63) is 11.8 Å². The lowest BCUT2D eigenvalue weighted by molar-refractivity contribution is -0.119. The Bertz CT molecular complexity index is 370. The van der Waals surface area contributed by atoms with E-state index in [9.17, 15) is 9.59 Å². The number of amides is 2. The number of alkyl halides is 1. The van der Waals surface area contributed by atoms with E-state index in [1.807, 2.05) is 11.0 Å². The normalized spacial score (nSPS) is 16.1. The molecule has 0 radical (unpaired) electrons. The van der Waals surface area contributed by atoms with Crippen LogP contribution in [0.4, 0.5) is 0 Å². The molecule has 98 valence electrons. The summed E-state index contributed by atoms with van der Waals surface area (Å²) in [5.74, 6) is -0.112. The van der Waals surface area contributed by atoms with Crippen molar-refractivity contribution in [1.82, 2.24) is 15.1 Å². The molecule has 1 N–H and O–H groups in total. The van der Waals surface area contributed by atoms with Crippen LogP contribution in [0.5, 0.6) is 0 Å². The fourth-order valence-electron chi connectivity index (χ4n) is 1.55. The topological polar surface area (TPSA) is 76.4 Å². The molecule has 18 heavy (non-hydrogen) atoms. The van der Waals surface area contributed by atoms with Crippen LogP contribution in [0.15, 0.2) is 11.8 Å². The molecule has 7 heteroatoms. The maximum atomic E-state index is 11.6. The van der Waals surface area contributed by atoms with E-state index in [4.69, 9.17) is 16.9 Å². The predicted molar refractivity (Wildman–Crippen MR) is 66.6 cm³/mol. The minimum absolute atomic E-state index is 0.0552. The van der Waals surface area contributed by atoms with Gasteiger partial charge in [0.15, 0.2) is 0 Å². The lowest BCUT2D eigenvalue weighted by Crippen LogP contribution is -2.43. The highest BCUT2D eigenvalue weighted by molar-refractivity contribution is 6.18. The second-order valence-electron chi connectivity index (χ2n) is 3.78. The average molecular weight is 271 g/mol. The van der Waals surface area contributed by atoms with Crippen LogP contribution in [0.3, 0.4) is 0 Å². The van der Waals surface area contributed by atoms with Crippen LogP contribution in [-0.2, 0) is 9.59 Å². The highest BCUT2D eigenvalue weighted by atomic mass is 35.5. The van der Waals surface area contributed by atoms with Gasteiger partial charge in [0.2, 0.25) is 6.41 Å². The minimum Gasteiger partial charge on any atom is -0.373 e. The molecule has 1 rings (SSSR count). The van der Waals surface area contributed by atoms with Crippen LogP contribution in [0.2, 0.25) is 0 Å². The van der Waals surface area contributed by atoms with Crippen molar-refractivity contribution in [3.8, 4) is 6.07 Å². The zero-order valence-corrected chi connectivity index (χ0v) is 10.7. The van der Waals surface area contributed by atoms with Gasteiger partial charge in [0.25, 0.3) is 5.91 Å². The van der Waals surface area contributed by atoms with Crippen molar-refractivity contribution in [2.24, 2.45) is 0 Å². The Morgan fingerprint density at radius 1 is 1.33 bits per heavy atom. The average Bonchev–Trinajstić information content (AvgIpc) is 2.42. The third-order valence-corrected chi connectivity index (χ3v) is 2.74. The van der Waals surface area contributed by atoms with Gasteiger partial charge in [-0.2, -0.15) is 5.26 Å². The van der Waals surface area contributed by atoms with E-state index < -0.39 is 5.91 Å². The number of rotatable bonds is 5. The smallest absolute Gasteiger partial charge is 0.263 e. The first-order valence-corrected chi connectivity index (χ1v) is 6.14. The van der Waals surface area contributed by atoms with Crippen LogP contribution in [0.25, 0.3) is 0 Å². The molecule has 0 saturated carbocycles. The van der Waals surface area contributed by atoms with E-state index in [1.165, 1.54) is 6.20 Å². The Hall–Kier alpha value is -1.74. The summed E-state index contributed by atoms with van der Waals surface area (Å²) in [6, 6.07) is 1.86. The van der Waals surface area contributed by atoms with E-state index in [2.05, 4.69) is 5.32 Å². The van der Waals surface area contributed by atoms with E-state index in [1.54, 1.807) is 4.90 Å². The zero-order valence-electron chi connectivity index (χ0n) is 9.93. The molecule has 0 spiro atoms. The maximum Gasteiger partial charge on any atom is 0.263 e. The lowest BCUT2D eigenvalue weighted by Gasteiger charge is -2.31. The molecule has 0 atom stereocenters. The van der Waals surface area contributed by atoms with Gasteiger partial charge in [-0.25, -0.2) is 0 Å². The Morgan fingerprint density at radius 3 is 2.44 bits per heavy atom. The van der Waals surface area contributed by atoms with Gasteiger partial charge in [0.1, 0.15) is 11.6 Å². The Kier molecular flexibility index (Phi) is 6.01. The number of carbonyl (C=O) groups excluding carboxylic acids is 2. The molecule has 1 saturated heterocycles. The molecule has 1 fully saturated rings. The fraction of sp³-hybridized carbons (Fsp3) is 0.545. The SMILES string of the molecule is N#C/C(=C/N1CCN(C=O)CC1)C(=O)NCCCl. The van der Waals surface area contributed by atoms with Gasteiger partial charge in [0.05, 0.1) is 0 Å². The van der Waals surface area contributed by atoms with E-state index in [-0.39, 0.29) is 5.57 Å². The minimum atomic E-state index is -0.420. The van der Waals surface area contributed by atoms with Crippen molar-refractivity contribution in [2.45, 2.75) is 0 Å². The first-order chi connectivity index (χ1) is 8.71. The van der Waals surface area contributed by atoms with Crippen molar-refractivity contribution in [1.29, 1.82) is 5.26 Å². The van der Waals surface area contributed by atoms with Crippen LogP contribution in [0.1, 0.15) is 0 Å². The van der Waals surface area contributed by atoms with E-state index in [0.29, 0.717) is 38.6 Å². The van der Waals surface area contributed by atoms with Gasteiger partial charge >= 0.3 is 0 Å². The summed E-state index contributed by atoms with van der Waals surface area (Å²) in [7, 11) is 0. The van der Waals surface area contributed by atoms with Gasteiger partial charge in [-0.05, 0) is 0 Å². The Morgan fingerprint density at radius 2 is 1.94 bits per heavy atom. The second kappa shape index (κ2) is 7.56. The quantitative estimate of drug-likeness (QED) is 0.317. The van der Waals surface area contributed by atoms with Crippen molar-refractivity contribution < 1.29 is 9.59 Å². The first-order valence-electron chi connectivity index (χ1n) is 5.60. The molecule has 0 aromatic rings. The van der Waals surface area contributed by atoms with Crippen LogP contribution in [-0.4, -0.2) is 60.7 Å². The number of carbonyl (C=O) groups is 2. The molecule has 2 amide bonds. The lowest BCUT2D eigenvalue weighted by atomic mass is 10.2. The van der Waals surface area contributed by atoms with Gasteiger partial charge in [-0.15, -0.1) is 11.6 Å². The number of nitrogens with one attached hydrogen (secondary N) is 1. The summed E-state index contributed by atoms with van der Waals surface area (Å²) in [4.78, 5) is 25.6.